The standard InChI is InChI=1S/C9H14ClNOS/c1-5(2)9-6(10)3-8(13-9)7(11)4-12/h3,5,7,12H,4,11H2,1-2H3. The third-order valence-electron chi connectivity index (χ3n) is 1.82. The van der Waals surface area contributed by atoms with Crippen LogP contribution in [0.4, 0.5) is 0 Å². The molecule has 0 saturated heterocycles. The van der Waals surface area contributed by atoms with Crippen LogP contribution in [0, 0.1) is 0 Å². The van der Waals surface area contributed by atoms with Gasteiger partial charge < -0.3 is 10.8 Å². The zero-order chi connectivity index (χ0) is 10.0. The first kappa shape index (κ1) is 11.0. The van der Waals surface area contributed by atoms with Crippen molar-refractivity contribution >= 4 is 22.9 Å². The zero-order valence-electron chi connectivity index (χ0n) is 7.75. The molecule has 1 aromatic rings. The Morgan fingerprint density at radius 2 is 2.23 bits per heavy atom. The summed E-state index contributed by atoms with van der Waals surface area (Å²) < 4.78 is 0. The maximum atomic E-state index is 8.87. The predicted molar refractivity (Wildman–Crippen MR) is 57.4 cm³/mol. The van der Waals surface area contributed by atoms with Crippen molar-refractivity contribution in [2.75, 3.05) is 6.61 Å². The molecule has 0 aromatic carbocycles. The van der Waals surface area contributed by atoms with Crippen LogP contribution in [0.2, 0.25) is 5.02 Å². The van der Waals surface area contributed by atoms with Gasteiger partial charge in [-0.3, -0.25) is 0 Å². The van der Waals surface area contributed by atoms with Gasteiger partial charge in [0.25, 0.3) is 0 Å². The van der Waals surface area contributed by atoms with Crippen LogP contribution in [0.5, 0.6) is 0 Å². The second-order valence-electron chi connectivity index (χ2n) is 3.30. The third kappa shape index (κ3) is 2.44. The summed E-state index contributed by atoms with van der Waals surface area (Å²) in [5.74, 6) is 0.414. The van der Waals surface area contributed by atoms with E-state index in [2.05, 4.69) is 13.8 Å². The van der Waals surface area contributed by atoms with Gasteiger partial charge in [0, 0.05) is 9.75 Å². The maximum Gasteiger partial charge on any atom is 0.0632 e. The van der Waals surface area contributed by atoms with Crippen LogP contribution in [-0.4, -0.2) is 11.7 Å². The molecule has 13 heavy (non-hydrogen) atoms. The maximum absolute atomic E-state index is 8.87. The van der Waals surface area contributed by atoms with Gasteiger partial charge in [-0.2, -0.15) is 0 Å². The minimum absolute atomic E-state index is 0.0334. The third-order valence-corrected chi connectivity index (χ3v) is 3.81. The largest absolute Gasteiger partial charge is 0.394 e. The van der Waals surface area contributed by atoms with Crippen LogP contribution in [0.3, 0.4) is 0 Å². The van der Waals surface area contributed by atoms with E-state index in [9.17, 15) is 0 Å². The Balaban J connectivity index is 2.95. The van der Waals surface area contributed by atoms with Crippen molar-refractivity contribution in [3.8, 4) is 0 Å². The molecule has 74 valence electrons. The van der Waals surface area contributed by atoms with Crippen molar-refractivity contribution in [1.29, 1.82) is 0 Å². The van der Waals surface area contributed by atoms with Gasteiger partial charge in [0.15, 0.2) is 0 Å². The van der Waals surface area contributed by atoms with E-state index in [0.29, 0.717) is 5.92 Å². The molecule has 0 spiro atoms. The first-order valence-corrected chi connectivity index (χ1v) is 5.41. The lowest BCUT2D eigenvalue weighted by molar-refractivity contribution is 0.269. The number of hydrogen-bond donors (Lipinski definition) is 2. The Morgan fingerprint density at radius 1 is 1.62 bits per heavy atom. The van der Waals surface area contributed by atoms with Gasteiger partial charge in [-0.05, 0) is 12.0 Å². The van der Waals surface area contributed by atoms with Crippen molar-refractivity contribution < 1.29 is 5.11 Å². The molecular weight excluding hydrogens is 206 g/mol. The summed E-state index contributed by atoms with van der Waals surface area (Å²) in [5, 5.41) is 9.63. The monoisotopic (exact) mass is 219 g/mol. The highest BCUT2D eigenvalue weighted by Crippen LogP contribution is 2.35. The van der Waals surface area contributed by atoms with E-state index in [1.54, 1.807) is 11.3 Å². The molecule has 0 aliphatic carbocycles. The molecule has 0 fully saturated rings. The van der Waals surface area contributed by atoms with E-state index in [-0.39, 0.29) is 12.6 Å². The lowest BCUT2D eigenvalue weighted by Crippen LogP contribution is -2.12. The molecule has 0 amide bonds. The Kier molecular flexibility index (Phi) is 3.74. The molecule has 1 atom stereocenters. The minimum atomic E-state index is -0.296. The summed E-state index contributed by atoms with van der Waals surface area (Å²) in [4.78, 5) is 2.09. The first-order valence-electron chi connectivity index (χ1n) is 4.21. The first-order chi connectivity index (χ1) is 6.06. The van der Waals surface area contributed by atoms with Gasteiger partial charge in [0.1, 0.15) is 0 Å². The molecule has 0 radical (unpaired) electrons. The van der Waals surface area contributed by atoms with Crippen molar-refractivity contribution in [1.82, 2.24) is 0 Å². The predicted octanol–water partition coefficient (Wildman–Crippen LogP) is 2.52. The number of rotatable bonds is 3. The van der Waals surface area contributed by atoms with Gasteiger partial charge in [-0.25, -0.2) is 0 Å². The molecule has 4 heteroatoms. The van der Waals surface area contributed by atoms with E-state index < -0.39 is 0 Å². The second kappa shape index (κ2) is 4.42. The Morgan fingerprint density at radius 3 is 2.62 bits per heavy atom. The Labute approximate surface area is 87.3 Å². The van der Waals surface area contributed by atoms with E-state index in [1.165, 1.54) is 0 Å². The van der Waals surface area contributed by atoms with Crippen molar-refractivity contribution in [3.63, 3.8) is 0 Å². The molecule has 0 bridgehead atoms. The van der Waals surface area contributed by atoms with Gasteiger partial charge in [-0.15, -0.1) is 11.3 Å². The van der Waals surface area contributed by atoms with Crippen LogP contribution in [0.1, 0.15) is 35.6 Å². The van der Waals surface area contributed by atoms with Crippen molar-refractivity contribution in [3.05, 3.63) is 20.8 Å². The number of aliphatic hydroxyl groups excluding tert-OH is 1. The summed E-state index contributed by atoms with van der Waals surface area (Å²) >= 11 is 7.60. The van der Waals surface area contributed by atoms with Crippen molar-refractivity contribution in [2.45, 2.75) is 25.8 Å². The number of aliphatic hydroxyl groups is 1. The fourth-order valence-corrected chi connectivity index (χ4v) is 2.63. The summed E-state index contributed by atoms with van der Waals surface area (Å²) in [5.41, 5.74) is 5.68. The molecule has 1 unspecified atom stereocenters. The zero-order valence-corrected chi connectivity index (χ0v) is 9.32. The number of halogens is 1. The summed E-state index contributed by atoms with van der Waals surface area (Å²) in [6.45, 7) is 4.15. The molecule has 1 heterocycles. The number of thiophene rings is 1. The van der Waals surface area contributed by atoms with Gasteiger partial charge in [-0.1, -0.05) is 25.4 Å². The van der Waals surface area contributed by atoms with Crippen LogP contribution in [-0.2, 0) is 0 Å². The Bertz CT molecular complexity index is 285. The van der Waals surface area contributed by atoms with Gasteiger partial charge in [0.05, 0.1) is 17.7 Å². The van der Waals surface area contributed by atoms with Crippen molar-refractivity contribution in [2.24, 2.45) is 5.73 Å². The topological polar surface area (TPSA) is 46.2 Å². The van der Waals surface area contributed by atoms with Gasteiger partial charge >= 0.3 is 0 Å². The highest BCUT2D eigenvalue weighted by atomic mass is 35.5. The molecule has 0 saturated carbocycles. The fourth-order valence-electron chi connectivity index (χ4n) is 1.07. The molecular formula is C9H14ClNOS. The van der Waals surface area contributed by atoms with E-state index in [0.717, 1.165) is 14.8 Å². The number of nitrogens with two attached hydrogens (primary N) is 1. The van der Waals surface area contributed by atoms with E-state index in [4.69, 9.17) is 22.4 Å². The lowest BCUT2D eigenvalue weighted by Gasteiger charge is -2.03. The summed E-state index contributed by atoms with van der Waals surface area (Å²) in [7, 11) is 0. The van der Waals surface area contributed by atoms with E-state index in [1.807, 2.05) is 6.07 Å². The summed E-state index contributed by atoms with van der Waals surface area (Å²) in [6, 6.07) is 1.55. The number of hydrogen-bond acceptors (Lipinski definition) is 3. The van der Waals surface area contributed by atoms with Crippen LogP contribution < -0.4 is 5.73 Å². The van der Waals surface area contributed by atoms with Crippen LogP contribution in [0.15, 0.2) is 6.07 Å². The Hall–Kier alpha value is -0.0900. The molecule has 1 rings (SSSR count). The summed E-state index contributed by atoms with van der Waals surface area (Å²) in [6.07, 6.45) is 0. The minimum Gasteiger partial charge on any atom is -0.394 e. The lowest BCUT2D eigenvalue weighted by atomic mass is 10.2. The quantitative estimate of drug-likeness (QED) is 0.821. The highest BCUT2D eigenvalue weighted by Gasteiger charge is 2.14. The SMILES string of the molecule is CC(C)c1sc(C(N)CO)cc1Cl. The fraction of sp³-hybridized carbons (Fsp3) is 0.556. The molecule has 0 aliphatic rings. The molecule has 0 aliphatic heterocycles. The molecule has 1 aromatic heterocycles. The van der Waals surface area contributed by atoms with Crippen LogP contribution in [0.25, 0.3) is 0 Å². The average molecular weight is 220 g/mol. The second-order valence-corrected chi connectivity index (χ2v) is 4.83. The molecule has 2 nitrogen and oxygen atoms in total. The highest BCUT2D eigenvalue weighted by molar-refractivity contribution is 7.12. The van der Waals surface area contributed by atoms with Crippen LogP contribution >= 0.6 is 22.9 Å². The molecule has 3 N–H and O–H groups in total. The van der Waals surface area contributed by atoms with E-state index >= 15 is 0 Å². The average Bonchev–Trinajstić information content (AvgIpc) is 2.46. The normalized spacial score (nSPS) is 13.7. The smallest absolute Gasteiger partial charge is 0.0632 e. The van der Waals surface area contributed by atoms with Gasteiger partial charge in [0.2, 0.25) is 0 Å².